The predicted molar refractivity (Wildman–Crippen MR) is 150 cm³/mol. The van der Waals surface area contributed by atoms with E-state index < -0.39 is 0 Å². The van der Waals surface area contributed by atoms with E-state index in [0.29, 0.717) is 24.2 Å². The molecule has 2 aromatic rings. The van der Waals surface area contributed by atoms with Crippen LogP contribution in [-0.2, 0) is 6.42 Å². The molecule has 3 aliphatic carbocycles. The first-order valence-electron chi connectivity index (χ1n) is 14.0. The molecular formula is C34H36N2. The van der Waals surface area contributed by atoms with Crippen molar-refractivity contribution < 1.29 is 0 Å². The molecular weight excluding hydrogens is 436 g/mol. The molecule has 0 bridgehead atoms. The minimum Gasteiger partial charge on any atom is -0.342 e. The highest BCUT2D eigenvalue weighted by Crippen LogP contribution is 2.54. The maximum absolute atomic E-state index is 3.97. The zero-order chi connectivity index (χ0) is 24.1. The summed E-state index contributed by atoms with van der Waals surface area (Å²) in [5.74, 6) is 1.14. The van der Waals surface area contributed by atoms with Crippen molar-refractivity contribution in [2.45, 2.75) is 64.2 Å². The van der Waals surface area contributed by atoms with Gasteiger partial charge in [-0.1, -0.05) is 91.7 Å². The van der Waals surface area contributed by atoms with E-state index in [1.165, 1.54) is 54.4 Å². The standard InChI is InChI=1S/C34H36N2/c1-2-23-11-10-14-25(21-23)32-27-15-6-8-17-29(27)33(30-18-9-7-16-28(30)32)34-35-31-20-19-26(22-36(31)34)24-12-4-3-5-13-24/h3-5,8,10-14,17,19-22,30-31,33-35H,2,6-7,9,15-16,18H2,1H3. The van der Waals surface area contributed by atoms with Crippen LogP contribution in [0.15, 0.2) is 102 Å². The van der Waals surface area contributed by atoms with Crippen LogP contribution in [0, 0.1) is 11.8 Å². The fourth-order valence-corrected chi connectivity index (χ4v) is 7.36. The number of nitrogens with one attached hydrogen (secondary N) is 1. The largest absolute Gasteiger partial charge is 0.342 e. The van der Waals surface area contributed by atoms with Crippen LogP contribution in [-0.4, -0.2) is 17.2 Å². The minimum atomic E-state index is 0.317. The maximum Gasteiger partial charge on any atom is 0.101 e. The topological polar surface area (TPSA) is 15.3 Å². The van der Waals surface area contributed by atoms with E-state index in [0.717, 1.165) is 12.8 Å². The van der Waals surface area contributed by atoms with Crippen LogP contribution in [0.4, 0.5) is 0 Å². The number of fused-ring (bicyclic) bond motifs is 2. The molecule has 2 fully saturated rings. The van der Waals surface area contributed by atoms with E-state index >= 15 is 0 Å². The Morgan fingerprint density at radius 1 is 0.944 bits per heavy atom. The third-order valence-electron chi connectivity index (χ3n) is 9.08. The van der Waals surface area contributed by atoms with Gasteiger partial charge in [0, 0.05) is 12.1 Å². The second kappa shape index (κ2) is 9.09. The van der Waals surface area contributed by atoms with Crippen molar-refractivity contribution in [3.8, 4) is 0 Å². The molecule has 2 aliphatic heterocycles. The van der Waals surface area contributed by atoms with Gasteiger partial charge in [0.1, 0.15) is 6.17 Å². The van der Waals surface area contributed by atoms with E-state index in [4.69, 9.17) is 0 Å². The number of nitrogens with zero attached hydrogens (tertiary/aromatic N) is 1. The van der Waals surface area contributed by atoms with Crippen LogP contribution in [0.2, 0.25) is 0 Å². The molecule has 2 aromatic carbocycles. The molecule has 0 aromatic heterocycles. The number of allylic oxidation sites excluding steroid dienone is 7. The highest BCUT2D eigenvalue weighted by atomic mass is 15.5. The Morgan fingerprint density at radius 3 is 2.72 bits per heavy atom. The fraction of sp³-hybridized carbons (Fsp3) is 0.353. The lowest BCUT2D eigenvalue weighted by Gasteiger charge is -2.57. The van der Waals surface area contributed by atoms with Gasteiger partial charge < -0.3 is 4.90 Å². The second-order valence-electron chi connectivity index (χ2n) is 11.0. The Morgan fingerprint density at radius 2 is 1.83 bits per heavy atom. The molecule has 1 N–H and O–H groups in total. The molecule has 0 spiro atoms. The molecule has 4 unspecified atom stereocenters. The molecule has 1 saturated carbocycles. The Kier molecular flexibility index (Phi) is 5.58. The lowest BCUT2D eigenvalue weighted by Crippen LogP contribution is -2.70. The predicted octanol–water partition coefficient (Wildman–Crippen LogP) is 7.64. The normalized spacial score (nSPS) is 28.8. The molecule has 2 heterocycles. The monoisotopic (exact) mass is 472 g/mol. The number of hydrogen-bond donors (Lipinski definition) is 1. The van der Waals surface area contributed by atoms with Gasteiger partial charge in [-0.25, -0.2) is 0 Å². The fourth-order valence-electron chi connectivity index (χ4n) is 7.36. The Labute approximate surface area is 215 Å². The summed E-state index contributed by atoms with van der Waals surface area (Å²) in [6.45, 7) is 2.27. The van der Waals surface area contributed by atoms with Crippen molar-refractivity contribution in [2.24, 2.45) is 11.8 Å². The van der Waals surface area contributed by atoms with E-state index in [1.54, 1.807) is 22.3 Å². The average molecular weight is 473 g/mol. The van der Waals surface area contributed by atoms with Gasteiger partial charge in [0.05, 0.1) is 6.17 Å². The van der Waals surface area contributed by atoms with Crippen LogP contribution >= 0.6 is 0 Å². The summed E-state index contributed by atoms with van der Waals surface area (Å²) in [5, 5.41) is 3.97. The van der Waals surface area contributed by atoms with E-state index in [-0.39, 0.29) is 0 Å². The lowest BCUT2D eigenvalue weighted by atomic mass is 9.62. The molecule has 4 atom stereocenters. The highest BCUT2D eigenvalue weighted by molar-refractivity contribution is 5.85. The van der Waals surface area contributed by atoms with Crippen LogP contribution in [0.3, 0.4) is 0 Å². The molecule has 1 saturated heterocycles. The summed E-state index contributed by atoms with van der Waals surface area (Å²) in [6, 6.07) is 20.2. The summed E-state index contributed by atoms with van der Waals surface area (Å²) in [7, 11) is 0. The number of hydrogen-bond acceptors (Lipinski definition) is 2. The van der Waals surface area contributed by atoms with E-state index in [9.17, 15) is 0 Å². The second-order valence-corrected chi connectivity index (χ2v) is 11.0. The van der Waals surface area contributed by atoms with Crippen molar-refractivity contribution in [3.05, 3.63) is 119 Å². The molecule has 182 valence electrons. The molecule has 0 radical (unpaired) electrons. The Bertz CT molecular complexity index is 1320. The first kappa shape index (κ1) is 22.1. The molecule has 2 nitrogen and oxygen atoms in total. The van der Waals surface area contributed by atoms with Gasteiger partial charge in [-0.05, 0) is 89.5 Å². The zero-order valence-corrected chi connectivity index (χ0v) is 21.3. The van der Waals surface area contributed by atoms with Crippen LogP contribution < -0.4 is 5.32 Å². The van der Waals surface area contributed by atoms with Gasteiger partial charge in [-0.2, -0.15) is 0 Å². The average Bonchev–Trinajstić information content (AvgIpc) is 2.94. The van der Waals surface area contributed by atoms with Crippen LogP contribution in [0.1, 0.15) is 62.1 Å². The number of aryl methyl sites for hydroxylation is 1. The quantitative estimate of drug-likeness (QED) is 0.492. The maximum atomic E-state index is 3.97. The van der Waals surface area contributed by atoms with Gasteiger partial charge in [0.15, 0.2) is 0 Å². The number of benzene rings is 2. The number of rotatable bonds is 4. The first-order valence-corrected chi connectivity index (χ1v) is 14.0. The minimum absolute atomic E-state index is 0.317. The van der Waals surface area contributed by atoms with Gasteiger partial charge >= 0.3 is 0 Å². The third-order valence-corrected chi connectivity index (χ3v) is 9.08. The first-order chi connectivity index (χ1) is 17.8. The SMILES string of the molecule is CCc1cccc(C2=C3CCCCC3C(C3NC4C=CC(c5ccccc5)=CN43)C3=C2CCC=C3)c1. The molecule has 5 aliphatic rings. The molecule has 0 amide bonds. The zero-order valence-electron chi connectivity index (χ0n) is 21.3. The molecule has 7 rings (SSSR count). The van der Waals surface area contributed by atoms with Crippen molar-refractivity contribution >= 4 is 11.1 Å². The summed E-state index contributed by atoms with van der Waals surface area (Å²) in [6.07, 6.45) is 21.3. The van der Waals surface area contributed by atoms with Crippen LogP contribution in [0.5, 0.6) is 0 Å². The lowest BCUT2D eigenvalue weighted by molar-refractivity contribution is 0.00149. The highest BCUT2D eigenvalue weighted by Gasteiger charge is 2.48. The van der Waals surface area contributed by atoms with Crippen molar-refractivity contribution in [3.63, 3.8) is 0 Å². The van der Waals surface area contributed by atoms with E-state index in [2.05, 4.69) is 102 Å². The Hall–Kier alpha value is -3.10. The van der Waals surface area contributed by atoms with Crippen molar-refractivity contribution in [1.29, 1.82) is 0 Å². The summed E-state index contributed by atoms with van der Waals surface area (Å²) < 4.78 is 0. The summed E-state index contributed by atoms with van der Waals surface area (Å²) in [5.41, 5.74) is 12.1. The van der Waals surface area contributed by atoms with Gasteiger partial charge in [-0.3, -0.25) is 5.32 Å². The molecule has 2 heteroatoms. The van der Waals surface area contributed by atoms with Crippen LogP contribution in [0.25, 0.3) is 11.1 Å². The van der Waals surface area contributed by atoms with Crippen molar-refractivity contribution in [2.75, 3.05) is 0 Å². The summed E-state index contributed by atoms with van der Waals surface area (Å²) in [4.78, 5) is 2.61. The van der Waals surface area contributed by atoms with Gasteiger partial charge in [-0.15, -0.1) is 0 Å². The third kappa shape index (κ3) is 3.58. The van der Waals surface area contributed by atoms with Crippen molar-refractivity contribution in [1.82, 2.24) is 10.2 Å². The molecule has 36 heavy (non-hydrogen) atoms. The van der Waals surface area contributed by atoms with Gasteiger partial charge in [0.2, 0.25) is 0 Å². The summed E-state index contributed by atoms with van der Waals surface area (Å²) >= 11 is 0. The smallest absolute Gasteiger partial charge is 0.101 e. The van der Waals surface area contributed by atoms with E-state index in [1.807, 2.05) is 0 Å². The Balaban J connectivity index is 1.31. The van der Waals surface area contributed by atoms with Gasteiger partial charge in [0.25, 0.3) is 0 Å².